The van der Waals surface area contributed by atoms with Gasteiger partial charge in [0.25, 0.3) is 0 Å². The number of nitrogens with zero attached hydrogens (tertiary/aromatic N) is 1. The van der Waals surface area contributed by atoms with Crippen molar-refractivity contribution in [2.45, 2.75) is 51.6 Å². The molecule has 1 fully saturated rings. The minimum absolute atomic E-state index is 0.236. The van der Waals surface area contributed by atoms with Gasteiger partial charge in [0.15, 0.2) is 0 Å². The molecule has 3 nitrogen and oxygen atoms in total. The van der Waals surface area contributed by atoms with Gasteiger partial charge in [-0.2, -0.15) is 14.0 Å². The molecule has 1 aliphatic heterocycles. The van der Waals surface area contributed by atoms with Crippen LogP contribution in [0.15, 0.2) is 36.4 Å². The second-order valence-corrected chi connectivity index (χ2v) is 10.7. The second-order valence-electron chi connectivity index (χ2n) is 10.7. The van der Waals surface area contributed by atoms with E-state index in [1.807, 2.05) is 0 Å². The minimum Gasteiger partial charge on any atom is -0.493 e. The first-order valence-electron chi connectivity index (χ1n) is 13.4. The average Bonchev–Trinajstić information content (AvgIpc) is 2.91. The highest BCUT2D eigenvalue weighted by atomic mass is 19.3. The van der Waals surface area contributed by atoms with Crippen LogP contribution >= 0.6 is 0 Å². The van der Waals surface area contributed by atoms with E-state index >= 15 is 4.39 Å². The Morgan fingerprint density at radius 2 is 1.49 bits per heavy atom. The summed E-state index contributed by atoms with van der Waals surface area (Å²) in [6.45, 7) is 2.62. The number of nitriles is 1. The first kappa shape index (κ1) is 28.8. The fourth-order valence-corrected chi connectivity index (χ4v) is 5.94. The first-order chi connectivity index (χ1) is 19.5. The van der Waals surface area contributed by atoms with Crippen molar-refractivity contribution < 1.29 is 40.2 Å². The van der Waals surface area contributed by atoms with Crippen LogP contribution in [-0.4, -0.2) is 6.61 Å². The molecule has 0 unspecified atom stereocenters. The zero-order chi connectivity index (χ0) is 29.5. The van der Waals surface area contributed by atoms with Gasteiger partial charge in [-0.15, -0.1) is 0 Å². The largest absolute Gasteiger partial charge is 0.493 e. The van der Waals surface area contributed by atoms with Gasteiger partial charge >= 0.3 is 6.11 Å². The number of rotatable bonds is 6. The number of alkyl halides is 2. The maximum atomic E-state index is 15.2. The fraction of sp³-hybridized carbons (Fsp3) is 0.387. The van der Waals surface area contributed by atoms with E-state index in [2.05, 4.69) is 11.7 Å². The molecule has 0 bridgehead atoms. The van der Waals surface area contributed by atoms with Crippen molar-refractivity contribution in [1.29, 1.82) is 5.26 Å². The van der Waals surface area contributed by atoms with Crippen LogP contribution in [0.4, 0.5) is 30.7 Å². The Kier molecular flexibility index (Phi) is 7.91. The molecule has 1 aliphatic carbocycles. The molecule has 0 radical (unpaired) electrons. The molecule has 3 aromatic rings. The van der Waals surface area contributed by atoms with E-state index < -0.39 is 52.1 Å². The third-order valence-corrected chi connectivity index (χ3v) is 8.24. The van der Waals surface area contributed by atoms with Crippen LogP contribution in [0.2, 0.25) is 0 Å². The van der Waals surface area contributed by atoms with Crippen molar-refractivity contribution >= 4 is 0 Å². The molecule has 10 heteroatoms. The third kappa shape index (κ3) is 5.72. The van der Waals surface area contributed by atoms with Gasteiger partial charge in [0, 0.05) is 17.7 Å². The molecule has 3 aromatic carbocycles. The normalized spacial score (nSPS) is 20.6. The lowest BCUT2D eigenvalue weighted by Crippen LogP contribution is -2.30. The third-order valence-electron chi connectivity index (χ3n) is 8.24. The predicted molar refractivity (Wildman–Crippen MR) is 136 cm³/mol. The second kappa shape index (κ2) is 11.3. The lowest BCUT2D eigenvalue weighted by molar-refractivity contribution is -0.189. The monoisotopic (exact) mass is 577 g/mol. The zero-order valence-corrected chi connectivity index (χ0v) is 22.1. The summed E-state index contributed by atoms with van der Waals surface area (Å²) in [6.07, 6.45) is 1.58. The van der Waals surface area contributed by atoms with E-state index in [1.54, 1.807) is 0 Å². The molecule has 0 amide bonds. The molecule has 1 saturated carbocycles. The van der Waals surface area contributed by atoms with E-state index in [1.165, 1.54) is 18.2 Å². The smallest absolute Gasteiger partial charge is 0.432 e. The number of hydrogen-bond acceptors (Lipinski definition) is 3. The molecule has 216 valence electrons. The fourth-order valence-electron chi connectivity index (χ4n) is 5.94. The number of fused-ring (bicyclic) bond motifs is 1. The van der Waals surface area contributed by atoms with Crippen LogP contribution in [0.25, 0.3) is 11.1 Å². The van der Waals surface area contributed by atoms with Gasteiger partial charge in [0.1, 0.15) is 57.8 Å². The van der Waals surface area contributed by atoms with Gasteiger partial charge in [-0.3, -0.25) is 0 Å². The first-order valence-corrected chi connectivity index (χ1v) is 13.4. The Hall–Kier alpha value is -3.74. The molecule has 0 aromatic heterocycles. The van der Waals surface area contributed by atoms with E-state index in [9.17, 15) is 26.3 Å². The summed E-state index contributed by atoms with van der Waals surface area (Å²) < 4.78 is 112. The Morgan fingerprint density at radius 1 is 0.854 bits per heavy atom. The minimum atomic E-state index is -4.71. The lowest BCUT2D eigenvalue weighted by atomic mass is 9.73. The Balaban J connectivity index is 1.38. The van der Waals surface area contributed by atoms with Crippen molar-refractivity contribution in [2.24, 2.45) is 17.8 Å². The van der Waals surface area contributed by atoms with Crippen molar-refractivity contribution in [3.8, 4) is 28.7 Å². The van der Waals surface area contributed by atoms with Crippen molar-refractivity contribution in [1.82, 2.24) is 0 Å². The maximum Gasteiger partial charge on any atom is 0.432 e. The van der Waals surface area contributed by atoms with E-state index in [4.69, 9.17) is 10.00 Å². The molecule has 2 aliphatic rings. The zero-order valence-electron chi connectivity index (χ0n) is 22.1. The molecule has 0 N–H and O–H groups in total. The van der Waals surface area contributed by atoms with Crippen LogP contribution in [0.1, 0.15) is 55.7 Å². The van der Waals surface area contributed by atoms with E-state index in [0.29, 0.717) is 54.5 Å². The highest BCUT2D eigenvalue weighted by Crippen LogP contribution is 2.42. The topological polar surface area (TPSA) is 42.2 Å². The number of halogens is 7. The van der Waals surface area contributed by atoms with E-state index in [0.717, 1.165) is 38.0 Å². The molecule has 41 heavy (non-hydrogen) atoms. The molecule has 5 rings (SSSR count). The molecular weight excluding hydrogens is 551 g/mol. The van der Waals surface area contributed by atoms with Gasteiger partial charge in [-0.1, -0.05) is 26.2 Å². The molecular formula is C31H26F7NO2. The Labute approximate surface area is 232 Å². The number of hydrogen-bond donors (Lipinski definition) is 0. The summed E-state index contributed by atoms with van der Waals surface area (Å²) >= 11 is 0. The van der Waals surface area contributed by atoms with Gasteiger partial charge in [-0.25, -0.2) is 22.0 Å². The van der Waals surface area contributed by atoms with Crippen molar-refractivity contribution in [3.63, 3.8) is 0 Å². The van der Waals surface area contributed by atoms with Crippen LogP contribution in [0.3, 0.4) is 0 Å². The summed E-state index contributed by atoms with van der Waals surface area (Å²) in [7, 11) is 0. The van der Waals surface area contributed by atoms with Gasteiger partial charge < -0.3 is 9.47 Å². The Bertz CT molecular complexity index is 1460. The molecule has 0 spiro atoms. The summed E-state index contributed by atoms with van der Waals surface area (Å²) in [5, 5.41) is 8.71. The SMILES string of the molecule is CCC1CCC([C@@H]2COc3cc(-c4cc(F)c(C(F)(F)Oc5cc(F)c(C#N)c(F)c5)c(F)c4)c(F)cc3C2)CC1. The van der Waals surface area contributed by atoms with Crippen LogP contribution < -0.4 is 9.47 Å². The molecule has 1 heterocycles. The maximum absolute atomic E-state index is 15.2. The Morgan fingerprint density at radius 3 is 2.07 bits per heavy atom. The van der Waals surface area contributed by atoms with Gasteiger partial charge in [0.2, 0.25) is 0 Å². The van der Waals surface area contributed by atoms with E-state index in [-0.39, 0.29) is 17.0 Å². The summed E-state index contributed by atoms with van der Waals surface area (Å²) in [4.78, 5) is 0. The number of benzene rings is 3. The lowest BCUT2D eigenvalue weighted by Gasteiger charge is -2.36. The van der Waals surface area contributed by atoms with Gasteiger partial charge in [-0.05, 0) is 72.4 Å². The van der Waals surface area contributed by atoms with Gasteiger partial charge in [0.05, 0.1) is 6.61 Å². The predicted octanol–water partition coefficient (Wildman–Crippen LogP) is 8.82. The van der Waals surface area contributed by atoms with Crippen molar-refractivity contribution in [3.05, 3.63) is 82.2 Å². The quantitative estimate of drug-likeness (QED) is 0.275. The molecule has 0 saturated heterocycles. The van der Waals surface area contributed by atoms with Crippen molar-refractivity contribution in [2.75, 3.05) is 6.61 Å². The summed E-state index contributed by atoms with van der Waals surface area (Å²) in [5.41, 5.74) is -2.82. The summed E-state index contributed by atoms with van der Waals surface area (Å²) in [6, 6.07) is 5.42. The molecule has 1 atom stereocenters. The van der Waals surface area contributed by atoms with Crippen LogP contribution in [-0.2, 0) is 12.5 Å². The summed E-state index contributed by atoms with van der Waals surface area (Å²) in [5.74, 6) is -6.58. The average molecular weight is 578 g/mol. The standard InChI is InChI=1S/C31H26F7NO2/c1-2-16-3-5-17(6-4-16)20-7-19-10-24(32)22(13-29(19)40-15-20)18-8-27(35)30(28(36)9-18)31(37,38)41-21-11-25(33)23(14-39)26(34)12-21/h8-13,16-17,20H,2-7,15H2,1H3/t16?,17?,20-/m0/s1. The van der Waals surface area contributed by atoms with Crippen LogP contribution in [0.5, 0.6) is 11.5 Å². The van der Waals surface area contributed by atoms with Crippen LogP contribution in [0, 0.1) is 58.2 Å². The number of ether oxygens (including phenoxy) is 2. The highest BCUT2D eigenvalue weighted by Gasteiger charge is 2.42. The highest BCUT2D eigenvalue weighted by molar-refractivity contribution is 5.68.